The van der Waals surface area contributed by atoms with Crippen LogP contribution < -0.4 is 0 Å². The minimum atomic E-state index is -4.36. The van der Waals surface area contributed by atoms with Gasteiger partial charge in [0.15, 0.2) is 6.10 Å². The maximum absolute atomic E-state index is 12.6. The predicted octanol–water partition coefficient (Wildman–Crippen LogP) is 12.4. The second-order valence-electron chi connectivity index (χ2n) is 15.2. The zero-order chi connectivity index (χ0) is 39.1. The fraction of sp³-hybridized carbons (Fsp3) is 0.907. The summed E-state index contributed by atoms with van der Waals surface area (Å²) in [6, 6.07) is 0. The average Bonchev–Trinajstić information content (AvgIpc) is 3.12. The Bertz CT molecular complexity index is 900. The molecule has 0 aliphatic heterocycles. The SMILES string of the molecule is CCCCCC/C=C\CCCCCCCC(=O)OCC(COP(=O)(O)OCCN(C)C)OC(=O)CCCCCCCCCCCCCCCCCCC. The molecule has 0 aliphatic carbocycles. The van der Waals surface area contributed by atoms with Gasteiger partial charge in [0.25, 0.3) is 0 Å². The topological polar surface area (TPSA) is 112 Å². The Morgan fingerprint density at radius 1 is 0.566 bits per heavy atom. The summed E-state index contributed by atoms with van der Waals surface area (Å²) in [6.45, 7) is 4.32. The highest BCUT2D eigenvalue weighted by molar-refractivity contribution is 7.47. The average molecular weight is 774 g/mol. The lowest BCUT2D eigenvalue weighted by atomic mass is 10.0. The van der Waals surface area contributed by atoms with Crippen LogP contribution in [0.4, 0.5) is 0 Å². The number of rotatable bonds is 41. The Hall–Kier alpha value is -1.25. The first-order valence-corrected chi connectivity index (χ1v) is 23.5. The van der Waals surface area contributed by atoms with Gasteiger partial charge in [0.2, 0.25) is 0 Å². The van der Waals surface area contributed by atoms with E-state index in [1.807, 2.05) is 19.0 Å². The molecule has 0 aromatic heterocycles. The van der Waals surface area contributed by atoms with Crippen LogP contribution in [0.2, 0.25) is 0 Å². The summed E-state index contributed by atoms with van der Waals surface area (Å²) in [7, 11) is -0.705. The van der Waals surface area contributed by atoms with Gasteiger partial charge in [-0.2, -0.15) is 0 Å². The number of allylic oxidation sites excluding steroid dienone is 2. The quantitative estimate of drug-likeness (QED) is 0.0281. The summed E-state index contributed by atoms with van der Waals surface area (Å²) >= 11 is 0. The minimum absolute atomic E-state index is 0.00928. The van der Waals surface area contributed by atoms with Crippen molar-refractivity contribution >= 4 is 19.8 Å². The molecular formula is C43H84NO8P. The van der Waals surface area contributed by atoms with Gasteiger partial charge in [-0.3, -0.25) is 18.6 Å². The Morgan fingerprint density at radius 2 is 0.962 bits per heavy atom. The number of nitrogens with zero attached hydrogens (tertiary/aromatic N) is 1. The van der Waals surface area contributed by atoms with Crippen LogP contribution in [-0.2, 0) is 32.7 Å². The molecule has 0 saturated carbocycles. The molecule has 0 saturated heterocycles. The summed E-state index contributed by atoms with van der Waals surface area (Å²) < 4.78 is 33.4. The van der Waals surface area contributed by atoms with Gasteiger partial charge < -0.3 is 19.3 Å². The van der Waals surface area contributed by atoms with Crippen LogP contribution in [0.25, 0.3) is 0 Å². The smallest absolute Gasteiger partial charge is 0.462 e. The first-order valence-electron chi connectivity index (χ1n) is 22.0. The summed E-state index contributed by atoms with van der Waals surface area (Å²) in [4.78, 5) is 37.0. The predicted molar refractivity (Wildman–Crippen MR) is 220 cm³/mol. The summed E-state index contributed by atoms with van der Waals surface area (Å²) in [5.74, 6) is -0.803. The second-order valence-corrected chi connectivity index (χ2v) is 16.7. The van der Waals surface area contributed by atoms with Crippen LogP contribution in [0, 0.1) is 0 Å². The number of carbonyl (C=O) groups excluding carboxylic acids is 2. The van der Waals surface area contributed by atoms with Crippen molar-refractivity contribution in [2.75, 3.05) is 40.5 Å². The van der Waals surface area contributed by atoms with E-state index in [9.17, 15) is 19.0 Å². The fourth-order valence-corrected chi connectivity index (χ4v) is 6.89. The van der Waals surface area contributed by atoms with Crippen molar-refractivity contribution in [1.82, 2.24) is 4.90 Å². The van der Waals surface area contributed by atoms with Gasteiger partial charge in [-0.15, -0.1) is 0 Å². The molecule has 0 fully saturated rings. The van der Waals surface area contributed by atoms with E-state index >= 15 is 0 Å². The third kappa shape index (κ3) is 40.2. The Kier molecular flexibility index (Phi) is 38.1. The molecule has 0 heterocycles. The number of phosphoric ester groups is 1. The number of unbranched alkanes of at least 4 members (excludes halogenated alkanes) is 25. The standard InChI is InChI=1S/C43H84NO8P/c1-5-7-9-11-13-15-17-19-20-21-22-24-26-28-30-32-34-36-43(46)52-41(40-51-53(47,48)50-38-37-44(3)4)39-49-42(45)35-33-31-29-27-25-23-18-16-14-12-10-8-6-2/h16,18,41H,5-15,17,19-40H2,1-4H3,(H,47,48)/b18-16-. The van der Waals surface area contributed by atoms with Gasteiger partial charge in [0, 0.05) is 19.4 Å². The van der Waals surface area contributed by atoms with Crippen LogP contribution in [-0.4, -0.2) is 68.3 Å². The van der Waals surface area contributed by atoms with Crippen molar-refractivity contribution in [3.05, 3.63) is 12.2 Å². The molecule has 0 rings (SSSR count). The fourth-order valence-electron chi connectivity index (χ4n) is 6.15. The van der Waals surface area contributed by atoms with Crippen molar-refractivity contribution in [2.45, 2.75) is 213 Å². The number of hydrogen-bond acceptors (Lipinski definition) is 8. The van der Waals surface area contributed by atoms with E-state index in [1.165, 1.54) is 122 Å². The van der Waals surface area contributed by atoms with E-state index in [0.717, 1.165) is 51.4 Å². The normalized spacial score (nSPS) is 13.5. The number of esters is 2. The lowest BCUT2D eigenvalue weighted by molar-refractivity contribution is -0.161. The minimum Gasteiger partial charge on any atom is -0.462 e. The number of carbonyl (C=O) groups is 2. The molecule has 0 spiro atoms. The van der Waals surface area contributed by atoms with Crippen molar-refractivity contribution in [2.24, 2.45) is 0 Å². The molecule has 2 atom stereocenters. The molecule has 0 radical (unpaired) electrons. The van der Waals surface area contributed by atoms with E-state index in [0.29, 0.717) is 13.0 Å². The van der Waals surface area contributed by atoms with E-state index in [1.54, 1.807) is 0 Å². The van der Waals surface area contributed by atoms with Crippen LogP contribution in [0.1, 0.15) is 206 Å². The number of phosphoric acid groups is 1. The highest BCUT2D eigenvalue weighted by Gasteiger charge is 2.26. The maximum atomic E-state index is 12.6. The molecular weight excluding hydrogens is 689 g/mol. The number of ether oxygens (including phenoxy) is 2. The molecule has 53 heavy (non-hydrogen) atoms. The van der Waals surface area contributed by atoms with Crippen molar-refractivity contribution < 1.29 is 37.6 Å². The van der Waals surface area contributed by atoms with Crippen molar-refractivity contribution in [1.29, 1.82) is 0 Å². The molecule has 0 bridgehead atoms. The Morgan fingerprint density at radius 3 is 1.42 bits per heavy atom. The summed E-state index contributed by atoms with van der Waals surface area (Å²) in [5, 5.41) is 0. The molecule has 0 amide bonds. The van der Waals surface area contributed by atoms with E-state index in [-0.39, 0.29) is 32.0 Å². The third-order valence-electron chi connectivity index (χ3n) is 9.57. The van der Waals surface area contributed by atoms with Crippen LogP contribution >= 0.6 is 7.82 Å². The Labute approximate surface area is 326 Å². The number of likely N-dealkylation sites (N-methyl/N-ethyl adjacent to an activating group) is 1. The van der Waals surface area contributed by atoms with E-state index in [2.05, 4.69) is 26.0 Å². The maximum Gasteiger partial charge on any atom is 0.472 e. The van der Waals surface area contributed by atoms with Crippen LogP contribution in [0.15, 0.2) is 12.2 Å². The molecule has 0 aliphatic rings. The number of hydrogen-bond donors (Lipinski definition) is 1. The second kappa shape index (κ2) is 39.0. The lowest BCUT2D eigenvalue weighted by Crippen LogP contribution is -2.29. The van der Waals surface area contributed by atoms with Gasteiger partial charge in [-0.05, 0) is 52.6 Å². The molecule has 9 nitrogen and oxygen atoms in total. The molecule has 10 heteroatoms. The zero-order valence-corrected chi connectivity index (χ0v) is 35.9. The molecule has 314 valence electrons. The van der Waals surface area contributed by atoms with Gasteiger partial charge in [0.05, 0.1) is 13.2 Å². The lowest BCUT2D eigenvalue weighted by Gasteiger charge is -2.20. The van der Waals surface area contributed by atoms with Gasteiger partial charge >= 0.3 is 19.8 Å². The van der Waals surface area contributed by atoms with Gasteiger partial charge in [-0.1, -0.05) is 167 Å². The summed E-state index contributed by atoms with van der Waals surface area (Å²) in [5.41, 5.74) is 0. The van der Waals surface area contributed by atoms with Crippen molar-refractivity contribution in [3.63, 3.8) is 0 Å². The highest BCUT2D eigenvalue weighted by atomic mass is 31.2. The summed E-state index contributed by atoms with van der Waals surface area (Å²) in [6.07, 6.45) is 38.2. The van der Waals surface area contributed by atoms with Crippen LogP contribution in [0.5, 0.6) is 0 Å². The van der Waals surface area contributed by atoms with Crippen LogP contribution in [0.3, 0.4) is 0 Å². The first kappa shape index (κ1) is 51.8. The third-order valence-corrected chi connectivity index (χ3v) is 10.6. The highest BCUT2D eigenvalue weighted by Crippen LogP contribution is 2.43. The van der Waals surface area contributed by atoms with Gasteiger partial charge in [-0.25, -0.2) is 4.57 Å². The molecule has 0 aromatic carbocycles. The van der Waals surface area contributed by atoms with E-state index < -0.39 is 26.5 Å². The Balaban J connectivity index is 4.25. The molecule has 1 N–H and O–H groups in total. The van der Waals surface area contributed by atoms with E-state index in [4.69, 9.17) is 18.5 Å². The van der Waals surface area contributed by atoms with Gasteiger partial charge in [0.1, 0.15) is 6.61 Å². The van der Waals surface area contributed by atoms with Crippen molar-refractivity contribution in [3.8, 4) is 0 Å². The first-order chi connectivity index (χ1) is 25.7. The zero-order valence-electron chi connectivity index (χ0n) is 35.0. The largest absolute Gasteiger partial charge is 0.472 e. The monoisotopic (exact) mass is 774 g/mol. The molecule has 2 unspecified atom stereocenters. The molecule has 0 aromatic rings.